The molecular weight excluding hydrogens is 336 g/mol. The Balaban J connectivity index is 3.46. The maximum absolute atomic E-state index is 14.4. The third kappa shape index (κ3) is 5.81. The van der Waals surface area contributed by atoms with Crippen molar-refractivity contribution in [1.82, 2.24) is 0 Å². The Morgan fingerprint density at radius 2 is 1.40 bits per heavy atom. The summed E-state index contributed by atoms with van der Waals surface area (Å²) in [5, 5.41) is 0. The Morgan fingerprint density at radius 3 is 1.76 bits per heavy atom. The van der Waals surface area contributed by atoms with Gasteiger partial charge in [0.25, 0.3) is 0 Å². The van der Waals surface area contributed by atoms with Gasteiger partial charge in [0.2, 0.25) is 0 Å². The van der Waals surface area contributed by atoms with E-state index in [0.717, 1.165) is 0 Å². The van der Waals surface area contributed by atoms with Gasteiger partial charge in [0.1, 0.15) is 17.0 Å². The Bertz CT molecular complexity index is 662. The van der Waals surface area contributed by atoms with Gasteiger partial charge in [0.05, 0.1) is 11.3 Å². The molecule has 0 aromatic heterocycles. The van der Waals surface area contributed by atoms with Gasteiger partial charge in [-0.2, -0.15) is 4.90 Å². The molecular formula is C17H21F2NO5. The number of benzene rings is 1. The van der Waals surface area contributed by atoms with E-state index in [4.69, 9.17) is 9.47 Å². The van der Waals surface area contributed by atoms with Crippen LogP contribution in [-0.4, -0.2) is 29.7 Å². The molecule has 0 spiro atoms. The summed E-state index contributed by atoms with van der Waals surface area (Å²) in [6, 6.07) is 1.25. The van der Waals surface area contributed by atoms with Crippen molar-refractivity contribution in [3.8, 4) is 0 Å². The van der Waals surface area contributed by atoms with E-state index in [0.29, 0.717) is 12.1 Å². The van der Waals surface area contributed by atoms with Crippen molar-refractivity contribution in [2.45, 2.75) is 52.7 Å². The minimum Gasteiger partial charge on any atom is -0.443 e. The normalized spacial score (nSPS) is 11.7. The van der Waals surface area contributed by atoms with Gasteiger partial charge in [0.15, 0.2) is 12.1 Å². The number of carbonyl (C=O) groups is 3. The van der Waals surface area contributed by atoms with E-state index in [1.807, 2.05) is 0 Å². The molecule has 25 heavy (non-hydrogen) atoms. The smallest absolute Gasteiger partial charge is 0.424 e. The molecule has 0 N–H and O–H groups in total. The van der Waals surface area contributed by atoms with Crippen LogP contribution in [0.1, 0.15) is 51.9 Å². The number of ether oxygens (including phenoxy) is 2. The summed E-state index contributed by atoms with van der Waals surface area (Å²) < 4.78 is 38.3. The topological polar surface area (TPSA) is 72.9 Å². The minimum absolute atomic E-state index is 0.0737. The second-order valence-corrected chi connectivity index (χ2v) is 7.24. The van der Waals surface area contributed by atoms with Crippen LogP contribution in [0.2, 0.25) is 0 Å². The maximum Gasteiger partial charge on any atom is 0.424 e. The van der Waals surface area contributed by atoms with Gasteiger partial charge in [-0.3, -0.25) is 4.79 Å². The first-order valence-electron chi connectivity index (χ1n) is 7.45. The lowest BCUT2D eigenvalue weighted by atomic mass is 10.1. The molecule has 1 aromatic carbocycles. The van der Waals surface area contributed by atoms with Crippen LogP contribution in [0.3, 0.4) is 0 Å². The molecule has 0 aliphatic heterocycles. The zero-order valence-corrected chi connectivity index (χ0v) is 15.0. The van der Waals surface area contributed by atoms with Crippen molar-refractivity contribution in [2.75, 3.05) is 4.90 Å². The van der Waals surface area contributed by atoms with Crippen LogP contribution in [0.25, 0.3) is 0 Å². The van der Waals surface area contributed by atoms with Crippen LogP contribution in [0.15, 0.2) is 12.1 Å². The Hall–Kier alpha value is -2.51. The number of aldehydes is 1. The number of imide groups is 1. The molecule has 2 amide bonds. The Kier molecular flexibility index (Phi) is 5.88. The fraction of sp³-hybridized carbons (Fsp3) is 0.471. The summed E-state index contributed by atoms with van der Waals surface area (Å²) in [5.74, 6) is -2.25. The number of nitrogens with zero attached hydrogens (tertiary/aromatic N) is 1. The van der Waals surface area contributed by atoms with Crippen LogP contribution < -0.4 is 4.90 Å². The first-order chi connectivity index (χ1) is 11.2. The molecule has 0 radical (unpaired) electrons. The van der Waals surface area contributed by atoms with Crippen molar-refractivity contribution < 1.29 is 32.6 Å². The molecule has 0 saturated heterocycles. The predicted molar refractivity (Wildman–Crippen MR) is 86.7 cm³/mol. The Morgan fingerprint density at radius 1 is 0.960 bits per heavy atom. The molecule has 1 aromatic rings. The summed E-state index contributed by atoms with van der Waals surface area (Å²) in [5.41, 5.74) is -3.43. The number of hydrogen-bond donors (Lipinski definition) is 0. The average molecular weight is 357 g/mol. The second kappa shape index (κ2) is 7.16. The van der Waals surface area contributed by atoms with E-state index in [9.17, 15) is 23.2 Å². The molecule has 8 heteroatoms. The number of hydrogen-bond acceptors (Lipinski definition) is 5. The van der Waals surface area contributed by atoms with E-state index in [1.54, 1.807) is 0 Å². The highest BCUT2D eigenvalue weighted by Gasteiger charge is 2.35. The van der Waals surface area contributed by atoms with Gasteiger partial charge < -0.3 is 9.47 Å². The minimum atomic E-state index is -1.26. The van der Waals surface area contributed by atoms with Gasteiger partial charge in [-0.25, -0.2) is 18.4 Å². The monoisotopic (exact) mass is 357 g/mol. The highest BCUT2D eigenvalue weighted by Crippen LogP contribution is 2.27. The van der Waals surface area contributed by atoms with Gasteiger partial charge in [-0.15, -0.1) is 0 Å². The first-order valence-corrected chi connectivity index (χ1v) is 7.45. The molecule has 0 unspecified atom stereocenters. The van der Waals surface area contributed by atoms with E-state index in [1.165, 1.54) is 41.5 Å². The highest BCUT2D eigenvalue weighted by atomic mass is 19.1. The molecule has 138 valence electrons. The first kappa shape index (κ1) is 20.5. The number of amides is 2. The molecule has 0 bridgehead atoms. The van der Waals surface area contributed by atoms with Crippen molar-refractivity contribution >= 4 is 24.2 Å². The lowest BCUT2D eigenvalue weighted by Gasteiger charge is -2.28. The summed E-state index contributed by atoms with van der Waals surface area (Å²) in [6.45, 7) is 9.23. The molecule has 0 atom stereocenters. The standard InChI is InChI=1S/C17H21F2NO5/c1-16(2,3)24-14(22)20(15(23)25-17(4,5)6)12-8-11(18)7-10(9-21)13(12)19/h7-9H,1-6H3. The summed E-state index contributed by atoms with van der Waals surface area (Å²) in [7, 11) is 0. The van der Waals surface area contributed by atoms with Crippen LogP contribution in [-0.2, 0) is 9.47 Å². The molecule has 0 aliphatic carbocycles. The summed E-state index contributed by atoms with van der Waals surface area (Å²) in [4.78, 5) is 35.9. The van der Waals surface area contributed by atoms with E-state index in [-0.39, 0.29) is 11.2 Å². The number of halogens is 2. The SMILES string of the molecule is CC(C)(C)OC(=O)N(C(=O)OC(C)(C)C)c1cc(F)cc(C=O)c1F. The molecule has 0 fully saturated rings. The molecule has 0 aliphatic rings. The highest BCUT2D eigenvalue weighted by molar-refractivity contribution is 6.10. The second-order valence-electron chi connectivity index (χ2n) is 7.24. The molecule has 0 saturated carbocycles. The zero-order chi connectivity index (χ0) is 19.6. The van der Waals surface area contributed by atoms with Crippen LogP contribution in [0.5, 0.6) is 0 Å². The van der Waals surface area contributed by atoms with Crippen molar-refractivity contribution in [3.05, 3.63) is 29.3 Å². The maximum atomic E-state index is 14.4. The van der Waals surface area contributed by atoms with E-state index in [2.05, 4.69) is 0 Å². The van der Waals surface area contributed by atoms with E-state index < -0.39 is 46.3 Å². The fourth-order valence-electron chi connectivity index (χ4n) is 1.73. The number of rotatable bonds is 2. The van der Waals surface area contributed by atoms with E-state index >= 15 is 0 Å². The molecule has 1 rings (SSSR count). The lowest BCUT2D eigenvalue weighted by molar-refractivity contribution is 0.0428. The summed E-state index contributed by atoms with van der Waals surface area (Å²) in [6.07, 6.45) is -2.45. The quantitative estimate of drug-likeness (QED) is 0.731. The molecule has 6 nitrogen and oxygen atoms in total. The average Bonchev–Trinajstić information content (AvgIpc) is 2.38. The van der Waals surface area contributed by atoms with Gasteiger partial charge in [0, 0.05) is 6.07 Å². The van der Waals surface area contributed by atoms with Gasteiger partial charge in [-0.1, -0.05) is 0 Å². The third-order valence-electron chi connectivity index (χ3n) is 2.57. The fourth-order valence-corrected chi connectivity index (χ4v) is 1.73. The van der Waals surface area contributed by atoms with Crippen molar-refractivity contribution in [3.63, 3.8) is 0 Å². The molecule has 0 heterocycles. The third-order valence-corrected chi connectivity index (χ3v) is 2.57. The predicted octanol–water partition coefficient (Wildman–Crippen LogP) is 4.45. The van der Waals surface area contributed by atoms with Crippen LogP contribution in [0.4, 0.5) is 24.1 Å². The van der Waals surface area contributed by atoms with Gasteiger partial charge >= 0.3 is 12.2 Å². The summed E-state index contributed by atoms with van der Waals surface area (Å²) >= 11 is 0. The zero-order valence-electron chi connectivity index (χ0n) is 15.0. The number of carbonyl (C=O) groups excluding carboxylic acids is 3. The Labute approximate surface area is 144 Å². The van der Waals surface area contributed by atoms with Crippen molar-refractivity contribution in [2.24, 2.45) is 0 Å². The lowest BCUT2D eigenvalue weighted by Crippen LogP contribution is -2.44. The van der Waals surface area contributed by atoms with Gasteiger partial charge in [-0.05, 0) is 47.6 Å². The van der Waals surface area contributed by atoms with Crippen LogP contribution >= 0.6 is 0 Å². The largest absolute Gasteiger partial charge is 0.443 e. The number of anilines is 1. The van der Waals surface area contributed by atoms with Crippen molar-refractivity contribution in [1.29, 1.82) is 0 Å². The van der Waals surface area contributed by atoms with Crippen LogP contribution in [0, 0.1) is 11.6 Å².